The molecule has 4 nitrogen and oxygen atoms in total. The third kappa shape index (κ3) is 5.30. The highest BCUT2D eigenvalue weighted by Gasteiger charge is 2.40. The minimum atomic E-state index is -4.55. The molecule has 1 N–H and O–H groups in total. The normalized spacial score (nSPS) is 20.5. The van der Waals surface area contributed by atoms with Crippen LogP contribution in [0.25, 0.3) is 0 Å². The van der Waals surface area contributed by atoms with Gasteiger partial charge in [-0.3, -0.25) is 9.59 Å². The van der Waals surface area contributed by atoms with Gasteiger partial charge in [-0.15, -0.1) is 11.8 Å². The van der Waals surface area contributed by atoms with E-state index >= 15 is 0 Å². The standard InChI is InChI=1S/C11H17F3N2O2S/c1-10(2,3)15-9(18)7-5-19-6-16(7)8(17)4-11(12,13)14/h7H,4-6H2,1-3H3,(H,15,18). The molecule has 2 amide bonds. The number of nitrogens with zero attached hydrogens (tertiary/aromatic N) is 1. The van der Waals surface area contributed by atoms with Crippen molar-refractivity contribution < 1.29 is 22.8 Å². The molecule has 19 heavy (non-hydrogen) atoms. The summed E-state index contributed by atoms with van der Waals surface area (Å²) in [6.45, 7) is 5.32. The van der Waals surface area contributed by atoms with Crippen LogP contribution < -0.4 is 5.32 Å². The topological polar surface area (TPSA) is 49.4 Å². The van der Waals surface area contributed by atoms with Crippen molar-refractivity contribution in [1.82, 2.24) is 10.2 Å². The predicted molar refractivity (Wildman–Crippen MR) is 66.5 cm³/mol. The zero-order valence-corrected chi connectivity index (χ0v) is 11.8. The summed E-state index contributed by atoms with van der Waals surface area (Å²) in [4.78, 5) is 24.5. The third-order valence-corrected chi connectivity index (χ3v) is 3.37. The molecule has 0 aromatic carbocycles. The quantitative estimate of drug-likeness (QED) is 0.845. The third-order valence-electron chi connectivity index (χ3n) is 2.36. The minimum absolute atomic E-state index is 0.122. The van der Waals surface area contributed by atoms with E-state index in [4.69, 9.17) is 0 Å². The number of alkyl halides is 3. The van der Waals surface area contributed by atoms with Gasteiger partial charge >= 0.3 is 6.18 Å². The van der Waals surface area contributed by atoms with Gasteiger partial charge in [-0.2, -0.15) is 13.2 Å². The first kappa shape index (κ1) is 16.1. The maximum atomic E-state index is 12.2. The Morgan fingerprint density at radius 2 is 1.89 bits per heavy atom. The average molecular weight is 298 g/mol. The Balaban J connectivity index is 2.69. The molecule has 1 aliphatic heterocycles. The lowest BCUT2D eigenvalue weighted by Crippen LogP contribution is -2.52. The van der Waals surface area contributed by atoms with Crippen LogP contribution in [-0.4, -0.2) is 46.1 Å². The number of amides is 2. The average Bonchev–Trinajstić information content (AvgIpc) is 2.59. The molecule has 1 aliphatic rings. The summed E-state index contributed by atoms with van der Waals surface area (Å²) in [5.74, 6) is -1.01. The van der Waals surface area contributed by atoms with Crippen LogP contribution in [0, 0.1) is 0 Å². The van der Waals surface area contributed by atoms with Crippen molar-refractivity contribution in [3.63, 3.8) is 0 Å². The molecule has 0 aliphatic carbocycles. The second kappa shape index (κ2) is 5.60. The molecular formula is C11H17F3N2O2S. The maximum Gasteiger partial charge on any atom is 0.397 e. The predicted octanol–water partition coefficient (Wildman–Crippen LogP) is 1.76. The summed E-state index contributed by atoms with van der Waals surface area (Å²) in [6.07, 6.45) is -6.07. The van der Waals surface area contributed by atoms with Gasteiger partial charge < -0.3 is 10.2 Å². The van der Waals surface area contributed by atoms with Crippen LogP contribution in [0.4, 0.5) is 13.2 Å². The second-order valence-electron chi connectivity index (χ2n) is 5.41. The fourth-order valence-corrected chi connectivity index (χ4v) is 2.81. The van der Waals surface area contributed by atoms with Gasteiger partial charge in [-0.1, -0.05) is 0 Å². The number of rotatable bonds is 2. The molecule has 110 valence electrons. The van der Waals surface area contributed by atoms with Gasteiger partial charge in [0.25, 0.3) is 0 Å². The summed E-state index contributed by atoms with van der Waals surface area (Å²) in [7, 11) is 0. The number of nitrogens with one attached hydrogen (secondary N) is 1. The number of carbonyl (C=O) groups excluding carboxylic acids is 2. The van der Waals surface area contributed by atoms with Crippen LogP contribution in [0.2, 0.25) is 0 Å². The Hall–Kier alpha value is -0.920. The highest BCUT2D eigenvalue weighted by Crippen LogP contribution is 2.27. The molecule has 1 fully saturated rings. The molecule has 0 bridgehead atoms. The Bertz CT molecular complexity index is 332. The lowest BCUT2D eigenvalue weighted by Gasteiger charge is -2.28. The van der Waals surface area contributed by atoms with Crippen molar-refractivity contribution in [2.45, 2.75) is 44.9 Å². The first-order valence-corrected chi connectivity index (χ1v) is 6.91. The van der Waals surface area contributed by atoms with Crippen LogP contribution in [0.15, 0.2) is 0 Å². The Morgan fingerprint density at radius 3 is 2.37 bits per heavy atom. The largest absolute Gasteiger partial charge is 0.397 e. The van der Waals surface area contributed by atoms with Crippen LogP contribution in [-0.2, 0) is 9.59 Å². The minimum Gasteiger partial charge on any atom is -0.350 e. The summed E-state index contributed by atoms with van der Waals surface area (Å²) in [5.41, 5.74) is -0.483. The summed E-state index contributed by atoms with van der Waals surface area (Å²) in [6, 6.07) is -0.820. The fourth-order valence-electron chi connectivity index (χ4n) is 1.63. The molecular weight excluding hydrogens is 281 g/mol. The zero-order valence-electron chi connectivity index (χ0n) is 11.0. The molecule has 0 radical (unpaired) electrons. The summed E-state index contributed by atoms with van der Waals surface area (Å²) >= 11 is 1.28. The number of hydrogen-bond acceptors (Lipinski definition) is 3. The van der Waals surface area contributed by atoms with Crippen molar-refractivity contribution in [2.75, 3.05) is 11.6 Å². The van der Waals surface area contributed by atoms with Gasteiger partial charge in [0.1, 0.15) is 12.5 Å². The van der Waals surface area contributed by atoms with Crippen molar-refractivity contribution in [2.24, 2.45) is 0 Å². The highest BCUT2D eigenvalue weighted by molar-refractivity contribution is 7.99. The maximum absolute atomic E-state index is 12.2. The number of thioether (sulfide) groups is 1. The first-order valence-electron chi connectivity index (χ1n) is 5.75. The van der Waals surface area contributed by atoms with Crippen LogP contribution >= 0.6 is 11.8 Å². The van der Waals surface area contributed by atoms with E-state index in [1.54, 1.807) is 20.8 Å². The Morgan fingerprint density at radius 1 is 1.32 bits per heavy atom. The molecule has 0 aromatic rings. The fraction of sp³-hybridized carbons (Fsp3) is 0.818. The smallest absolute Gasteiger partial charge is 0.350 e. The zero-order chi connectivity index (χ0) is 14.8. The summed E-state index contributed by atoms with van der Waals surface area (Å²) in [5, 5.41) is 2.68. The van der Waals surface area contributed by atoms with Gasteiger partial charge in [-0.05, 0) is 20.8 Å². The Kier molecular flexibility index (Phi) is 4.76. The first-order chi connectivity index (χ1) is 8.49. The monoisotopic (exact) mass is 298 g/mol. The van der Waals surface area contributed by atoms with Crippen LogP contribution in [0.3, 0.4) is 0 Å². The van der Waals surface area contributed by atoms with Crippen LogP contribution in [0.5, 0.6) is 0 Å². The molecule has 1 unspecified atom stereocenters. The molecule has 1 rings (SSSR count). The van der Waals surface area contributed by atoms with Gasteiger partial charge in [0.2, 0.25) is 11.8 Å². The number of halogens is 3. The van der Waals surface area contributed by atoms with E-state index in [2.05, 4.69) is 5.32 Å². The molecule has 1 saturated heterocycles. The molecule has 1 atom stereocenters. The van der Waals surface area contributed by atoms with Crippen molar-refractivity contribution in [3.05, 3.63) is 0 Å². The van der Waals surface area contributed by atoms with E-state index in [0.29, 0.717) is 5.75 Å². The molecule has 0 spiro atoms. The lowest BCUT2D eigenvalue weighted by molar-refractivity contribution is -0.163. The van der Waals surface area contributed by atoms with Crippen molar-refractivity contribution in [3.8, 4) is 0 Å². The van der Waals surface area contributed by atoms with E-state index < -0.39 is 36.0 Å². The van der Waals surface area contributed by atoms with E-state index in [0.717, 1.165) is 4.90 Å². The van der Waals surface area contributed by atoms with Crippen molar-refractivity contribution >= 4 is 23.6 Å². The lowest BCUT2D eigenvalue weighted by atomic mass is 10.1. The Labute approximate surface area is 114 Å². The molecule has 0 aromatic heterocycles. The highest BCUT2D eigenvalue weighted by atomic mass is 32.2. The van der Waals surface area contributed by atoms with E-state index in [1.165, 1.54) is 11.8 Å². The SMILES string of the molecule is CC(C)(C)NC(=O)C1CSCN1C(=O)CC(F)(F)F. The van der Waals surface area contributed by atoms with Gasteiger partial charge in [-0.25, -0.2) is 0 Å². The molecule has 1 heterocycles. The van der Waals surface area contributed by atoms with E-state index in [-0.39, 0.29) is 5.88 Å². The van der Waals surface area contributed by atoms with Gasteiger partial charge in [0, 0.05) is 11.3 Å². The molecule has 0 saturated carbocycles. The number of carbonyl (C=O) groups is 2. The van der Waals surface area contributed by atoms with Crippen molar-refractivity contribution in [1.29, 1.82) is 0 Å². The van der Waals surface area contributed by atoms with E-state index in [9.17, 15) is 22.8 Å². The summed E-state index contributed by atoms with van der Waals surface area (Å²) < 4.78 is 36.6. The van der Waals surface area contributed by atoms with Crippen LogP contribution in [0.1, 0.15) is 27.2 Å². The van der Waals surface area contributed by atoms with E-state index in [1.807, 2.05) is 0 Å². The van der Waals surface area contributed by atoms with Gasteiger partial charge in [0.05, 0.1) is 5.88 Å². The number of hydrogen-bond donors (Lipinski definition) is 1. The van der Waals surface area contributed by atoms with Gasteiger partial charge in [0.15, 0.2) is 0 Å². The molecule has 8 heteroatoms. The second-order valence-corrected chi connectivity index (χ2v) is 6.41.